The third-order valence-corrected chi connectivity index (χ3v) is 4.77. The summed E-state index contributed by atoms with van der Waals surface area (Å²) < 4.78 is 18.7. The summed E-state index contributed by atoms with van der Waals surface area (Å²) >= 11 is 6.09. The molecule has 1 fully saturated rings. The van der Waals surface area contributed by atoms with Crippen molar-refractivity contribution in [2.24, 2.45) is 0 Å². The Morgan fingerprint density at radius 2 is 2.12 bits per heavy atom. The van der Waals surface area contributed by atoms with Gasteiger partial charge in [0.1, 0.15) is 11.6 Å². The normalized spacial score (nSPS) is 16.3. The molecule has 0 unspecified atom stereocenters. The van der Waals surface area contributed by atoms with Crippen LogP contribution in [0.15, 0.2) is 41.0 Å². The molecule has 3 rings (SSSR count). The molecule has 1 aliphatic heterocycles. The zero-order valence-electron chi connectivity index (χ0n) is 13.5. The molecule has 0 saturated carbocycles. The van der Waals surface area contributed by atoms with E-state index in [-0.39, 0.29) is 17.0 Å². The van der Waals surface area contributed by atoms with Crippen molar-refractivity contribution >= 4 is 17.5 Å². The van der Waals surface area contributed by atoms with Crippen molar-refractivity contribution in [2.45, 2.75) is 25.4 Å². The smallest absolute Gasteiger partial charge is 0.256 e. The van der Waals surface area contributed by atoms with Crippen LogP contribution in [0.25, 0.3) is 0 Å². The molecule has 6 heteroatoms. The number of hydrogen-bond donors (Lipinski definition) is 0. The average molecular weight is 351 g/mol. The molecule has 0 spiro atoms. The Kier molecular flexibility index (Phi) is 5.21. The van der Waals surface area contributed by atoms with Gasteiger partial charge in [0.25, 0.3) is 5.91 Å². The standard InChI is InChI=1S/C18H20ClFN2O2/c1-21-8-6-14(7-9-21)22(12-15-3-2-10-24-15)18(23)16-5-4-13(20)11-17(16)19/h2-5,10-11,14H,6-9,12H2,1H3. The molecule has 0 radical (unpaired) electrons. The number of piperidine rings is 1. The van der Waals surface area contributed by atoms with Crippen LogP contribution in [0, 0.1) is 5.82 Å². The Balaban J connectivity index is 1.86. The van der Waals surface area contributed by atoms with Crippen molar-refractivity contribution in [3.8, 4) is 0 Å². The number of rotatable bonds is 4. The lowest BCUT2D eigenvalue weighted by atomic mass is 10.0. The van der Waals surface area contributed by atoms with E-state index in [2.05, 4.69) is 11.9 Å². The highest BCUT2D eigenvalue weighted by atomic mass is 35.5. The first-order chi connectivity index (χ1) is 11.5. The lowest BCUT2D eigenvalue weighted by Gasteiger charge is -2.37. The fraction of sp³-hybridized carbons (Fsp3) is 0.389. The van der Waals surface area contributed by atoms with Gasteiger partial charge >= 0.3 is 0 Å². The molecule has 1 amide bonds. The van der Waals surface area contributed by atoms with Crippen LogP contribution in [-0.2, 0) is 6.54 Å². The highest BCUT2D eigenvalue weighted by molar-refractivity contribution is 6.33. The number of carbonyl (C=O) groups excluding carboxylic acids is 1. The zero-order valence-corrected chi connectivity index (χ0v) is 14.3. The van der Waals surface area contributed by atoms with Crippen LogP contribution in [0.4, 0.5) is 4.39 Å². The topological polar surface area (TPSA) is 36.7 Å². The minimum atomic E-state index is -0.451. The SMILES string of the molecule is CN1CCC(N(Cc2ccco2)C(=O)c2ccc(F)cc2Cl)CC1. The third-order valence-electron chi connectivity index (χ3n) is 4.46. The second-order valence-corrected chi connectivity index (χ2v) is 6.58. The second kappa shape index (κ2) is 7.36. The van der Waals surface area contributed by atoms with Crippen molar-refractivity contribution in [1.29, 1.82) is 0 Å². The molecular weight excluding hydrogens is 331 g/mol. The molecule has 1 aromatic carbocycles. The maximum absolute atomic E-state index is 13.3. The molecular formula is C18H20ClFN2O2. The highest BCUT2D eigenvalue weighted by Gasteiger charge is 2.29. The van der Waals surface area contributed by atoms with Crippen LogP contribution in [-0.4, -0.2) is 41.9 Å². The molecule has 0 N–H and O–H groups in total. The van der Waals surface area contributed by atoms with Crippen LogP contribution < -0.4 is 0 Å². The fourth-order valence-electron chi connectivity index (χ4n) is 3.06. The molecule has 0 aliphatic carbocycles. The van der Waals surface area contributed by atoms with E-state index in [0.29, 0.717) is 12.1 Å². The summed E-state index contributed by atoms with van der Waals surface area (Å²) in [6, 6.07) is 7.65. The van der Waals surface area contributed by atoms with Gasteiger partial charge in [-0.15, -0.1) is 0 Å². The number of amides is 1. The maximum Gasteiger partial charge on any atom is 0.256 e. The van der Waals surface area contributed by atoms with Crippen LogP contribution in [0.3, 0.4) is 0 Å². The van der Waals surface area contributed by atoms with Crippen molar-refractivity contribution in [2.75, 3.05) is 20.1 Å². The number of carbonyl (C=O) groups is 1. The summed E-state index contributed by atoms with van der Waals surface area (Å²) in [5.41, 5.74) is 0.323. The third kappa shape index (κ3) is 3.79. The molecule has 2 heterocycles. The number of hydrogen-bond acceptors (Lipinski definition) is 3. The Morgan fingerprint density at radius 1 is 1.38 bits per heavy atom. The molecule has 1 aliphatic rings. The Morgan fingerprint density at radius 3 is 2.75 bits per heavy atom. The Hall–Kier alpha value is -1.85. The van der Waals surface area contributed by atoms with Gasteiger partial charge in [0, 0.05) is 6.04 Å². The first-order valence-corrected chi connectivity index (χ1v) is 8.39. The van der Waals surface area contributed by atoms with E-state index >= 15 is 0 Å². The van der Waals surface area contributed by atoms with Gasteiger partial charge < -0.3 is 14.2 Å². The van der Waals surface area contributed by atoms with Crippen LogP contribution >= 0.6 is 11.6 Å². The molecule has 2 aromatic rings. The van der Waals surface area contributed by atoms with E-state index in [1.54, 1.807) is 17.2 Å². The van der Waals surface area contributed by atoms with E-state index in [1.807, 2.05) is 6.07 Å². The van der Waals surface area contributed by atoms with E-state index < -0.39 is 5.82 Å². The first kappa shape index (κ1) is 17.0. The van der Waals surface area contributed by atoms with E-state index in [1.165, 1.54) is 18.2 Å². The monoisotopic (exact) mass is 350 g/mol. The van der Waals surface area contributed by atoms with Crippen LogP contribution in [0.5, 0.6) is 0 Å². The van der Waals surface area contributed by atoms with Gasteiger partial charge in [0.15, 0.2) is 0 Å². The Labute approximate surface area is 145 Å². The molecule has 1 aromatic heterocycles. The lowest BCUT2D eigenvalue weighted by Crippen LogP contribution is -2.46. The van der Waals surface area contributed by atoms with Gasteiger partial charge in [-0.1, -0.05) is 11.6 Å². The first-order valence-electron chi connectivity index (χ1n) is 8.01. The highest BCUT2D eigenvalue weighted by Crippen LogP contribution is 2.25. The molecule has 1 saturated heterocycles. The minimum absolute atomic E-state index is 0.111. The van der Waals surface area contributed by atoms with Crippen molar-refractivity contribution in [1.82, 2.24) is 9.80 Å². The lowest BCUT2D eigenvalue weighted by molar-refractivity contribution is 0.0551. The summed E-state index contributed by atoms with van der Waals surface area (Å²) in [4.78, 5) is 17.1. The average Bonchev–Trinajstić information content (AvgIpc) is 3.06. The molecule has 24 heavy (non-hydrogen) atoms. The van der Waals surface area contributed by atoms with E-state index in [0.717, 1.165) is 31.7 Å². The van der Waals surface area contributed by atoms with Crippen molar-refractivity contribution in [3.63, 3.8) is 0 Å². The van der Waals surface area contributed by atoms with Gasteiger partial charge in [-0.25, -0.2) is 4.39 Å². The van der Waals surface area contributed by atoms with Crippen LogP contribution in [0.2, 0.25) is 5.02 Å². The van der Waals surface area contributed by atoms with Gasteiger partial charge in [-0.3, -0.25) is 4.79 Å². The van der Waals surface area contributed by atoms with Gasteiger partial charge in [-0.2, -0.15) is 0 Å². The minimum Gasteiger partial charge on any atom is -0.467 e. The van der Waals surface area contributed by atoms with Crippen molar-refractivity contribution < 1.29 is 13.6 Å². The summed E-state index contributed by atoms with van der Waals surface area (Å²) in [5.74, 6) is 0.0832. The summed E-state index contributed by atoms with van der Waals surface area (Å²) in [7, 11) is 2.08. The van der Waals surface area contributed by atoms with Gasteiger partial charge in [-0.05, 0) is 63.3 Å². The van der Waals surface area contributed by atoms with Crippen molar-refractivity contribution in [3.05, 3.63) is 58.8 Å². The van der Waals surface area contributed by atoms with Gasteiger partial charge in [0.2, 0.25) is 0 Å². The molecule has 4 nitrogen and oxygen atoms in total. The number of halogens is 2. The molecule has 128 valence electrons. The summed E-state index contributed by atoms with van der Waals surface area (Å²) in [6.45, 7) is 2.25. The van der Waals surface area contributed by atoms with Gasteiger partial charge in [0.05, 0.1) is 23.4 Å². The number of likely N-dealkylation sites (tertiary alicyclic amines) is 1. The largest absolute Gasteiger partial charge is 0.467 e. The second-order valence-electron chi connectivity index (χ2n) is 6.17. The quantitative estimate of drug-likeness (QED) is 0.841. The molecule has 0 bridgehead atoms. The van der Waals surface area contributed by atoms with E-state index in [9.17, 15) is 9.18 Å². The predicted molar refractivity (Wildman–Crippen MR) is 90.5 cm³/mol. The maximum atomic E-state index is 13.3. The number of benzene rings is 1. The summed E-state index contributed by atoms with van der Waals surface area (Å²) in [6.07, 6.45) is 3.38. The van der Waals surface area contributed by atoms with E-state index in [4.69, 9.17) is 16.0 Å². The zero-order chi connectivity index (χ0) is 17.1. The number of nitrogens with zero attached hydrogens (tertiary/aromatic N) is 2. The number of furan rings is 1. The fourth-order valence-corrected chi connectivity index (χ4v) is 3.31. The summed E-state index contributed by atoms with van der Waals surface area (Å²) in [5, 5.41) is 0.136. The Bertz CT molecular complexity index is 697. The molecule has 0 atom stereocenters. The van der Waals surface area contributed by atoms with Crippen LogP contribution in [0.1, 0.15) is 29.0 Å². The predicted octanol–water partition coefficient (Wildman–Crippen LogP) is 3.81.